The minimum Gasteiger partial charge on any atom is -0.348 e. The van der Waals surface area contributed by atoms with Crippen molar-refractivity contribution in [3.8, 4) is 11.3 Å². The van der Waals surface area contributed by atoms with Crippen LogP contribution < -0.4 is 5.32 Å². The number of nitrogens with one attached hydrogen (secondary N) is 2. The molecule has 1 aromatic heterocycles. The molecule has 3 heterocycles. The molecule has 24 heavy (non-hydrogen) atoms. The summed E-state index contributed by atoms with van der Waals surface area (Å²) in [6, 6.07) is 10.7. The van der Waals surface area contributed by atoms with Crippen LogP contribution in [0.4, 0.5) is 0 Å². The monoisotopic (exact) mass is 344 g/mol. The van der Waals surface area contributed by atoms with E-state index in [1.54, 1.807) is 6.07 Å². The van der Waals surface area contributed by atoms with Gasteiger partial charge in [-0.05, 0) is 50.9 Å². The van der Waals surface area contributed by atoms with Gasteiger partial charge in [-0.1, -0.05) is 23.7 Å². The predicted octanol–water partition coefficient (Wildman–Crippen LogP) is 3.09. The molecule has 1 aromatic carbocycles. The van der Waals surface area contributed by atoms with Crippen LogP contribution in [-0.4, -0.2) is 46.2 Å². The van der Waals surface area contributed by atoms with Crippen molar-refractivity contribution in [2.45, 2.75) is 43.8 Å². The summed E-state index contributed by atoms with van der Waals surface area (Å²) in [5.41, 5.74) is 2.19. The molecule has 0 aliphatic carbocycles. The first kappa shape index (κ1) is 15.7. The van der Waals surface area contributed by atoms with Crippen molar-refractivity contribution >= 4 is 17.5 Å². The van der Waals surface area contributed by atoms with Gasteiger partial charge in [0, 0.05) is 28.7 Å². The predicted molar refractivity (Wildman–Crippen MR) is 94.1 cm³/mol. The van der Waals surface area contributed by atoms with Crippen LogP contribution in [-0.2, 0) is 0 Å². The Labute approximate surface area is 146 Å². The zero-order valence-electron chi connectivity index (χ0n) is 13.6. The van der Waals surface area contributed by atoms with Crippen LogP contribution in [0.15, 0.2) is 30.3 Å². The largest absolute Gasteiger partial charge is 0.348 e. The third-order valence-electron chi connectivity index (χ3n) is 5.40. The van der Waals surface area contributed by atoms with Gasteiger partial charge in [0.25, 0.3) is 5.91 Å². The Balaban J connectivity index is 1.43. The van der Waals surface area contributed by atoms with E-state index in [4.69, 9.17) is 11.6 Å². The fourth-order valence-corrected chi connectivity index (χ4v) is 4.13. The Morgan fingerprint density at radius 3 is 2.58 bits per heavy atom. The number of amides is 1. The maximum absolute atomic E-state index is 12.5. The van der Waals surface area contributed by atoms with Crippen molar-refractivity contribution in [3.63, 3.8) is 0 Å². The van der Waals surface area contributed by atoms with Gasteiger partial charge in [0.05, 0.1) is 5.69 Å². The van der Waals surface area contributed by atoms with Gasteiger partial charge in [-0.3, -0.25) is 9.89 Å². The van der Waals surface area contributed by atoms with Crippen LogP contribution in [0.25, 0.3) is 11.3 Å². The molecule has 2 saturated heterocycles. The first-order chi connectivity index (χ1) is 11.6. The number of piperidine rings is 1. The third kappa shape index (κ3) is 2.94. The summed E-state index contributed by atoms with van der Waals surface area (Å²) >= 11 is 5.91. The van der Waals surface area contributed by atoms with Gasteiger partial charge in [0.2, 0.25) is 0 Å². The molecule has 2 atom stereocenters. The Hall–Kier alpha value is -1.85. The van der Waals surface area contributed by atoms with Crippen molar-refractivity contribution in [2.24, 2.45) is 0 Å². The van der Waals surface area contributed by atoms with Gasteiger partial charge in [-0.15, -0.1) is 0 Å². The minimum absolute atomic E-state index is 0.0725. The third-order valence-corrected chi connectivity index (χ3v) is 5.65. The maximum atomic E-state index is 12.5. The summed E-state index contributed by atoms with van der Waals surface area (Å²) < 4.78 is 0. The molecule has 126 valence electrons. The van der Waals surface area contributed by atoms with E-state index in [2.05, 4.69) is 27.5 Å². The second kappa shape index (κ2) is 6.22. The van der Waals surface area contributed by atoms with E-state index in [0.717, 1.165) is 24.1 Å². The number of carbonyl (C=O) groups excluding carboxylic acids is 1. The van der Waals surface area contributed by atoms with Crippen LogP contribution >= 0.6 is 11.6 Å². The smallest absolute Gasteiger partial charge is 0.269 e. The number of carbonyl (C=O) groups is 1. The zero-order valence-corrected chi connectivity index (χ0v) is 14.4. The Morgan fingerprint density at radius 2 is 1.92 bits per heavy atom. The number of hydrogen-bond donors (Lipinski definition) is 2. The second-order valence-electron chi connectivity index (χ2n) is 6.87. The molecule has 2 aliphatic heterocycles. The van der Waals surface area contributed by atoms with Crippen molar-refractivity contribution in [1.82, 2.24) is 20.4 Å². The SMILES string of the molecule is CN1C2CCC1CC(NC(=O)c1cc(-c3ccc(Cl)cc3)n[nH]1)C2. The van der Waals surface area contributed by atoms with E-state index in [0.29, 0.717) is 22.8 Å². The van der Waals surface area contributed by atoms with Crippen molar-refractivity contribution < 1.29 is 4.79 Å². The Bertz CT molecular complexity index is 728. The molecule has 5 nitrogen and oxygen atoms in total. The topological polar surface area (TPSA) is 61.0 Å². The van der Waals surface area contributed by atoms with Gasteiger partial charge in [-0.2, -0.15) is 5.10 Å². The van der Waals surface area contributed by atoms with Crippen LogP contribution in [0.2, 0.25) is 5.02 Å². The summed E-state index contributed by atoms with van der Waals surface area (Å²) in [6.07, 6.45) is 4.57. The normalized spacial score (nSPS) is 26.5. The van der Waals surface area contributed by atoms with E-state index in [9.17, 15) is 4.79 Å². The zero-order chi connectivity index (χ0) is 16.7. The Morgan fingerprint density at radius 1 is 1.25 bits per heavy atom. The van der Waals surface area contributed by atoms with E-state index >= 15 is 0 Å². The lowest BCUT2D eigenvalue weighted by Crippen LogP contribution is -2.48. The molecule has 2 unspecified atom stereocenters. The fourth-order valence-electron chi connectivity index (χ4n) is 4.00. The number of hydrogen-bond acceptors (Lipinski definition) is 3. The molecule has 2 N–H and O–H groups in total. The number of halogens is 1. The lowest BCUT2D eigenvalue weighted by atomic mass is 9.98. The van der Waals surface area contributed by atoms with E-state index in [-0.39, 0.29) is 11.9 Å². The molecule has 6 heteroatoms. The van der Waals surface area contributed by atoms with Crippen molar-refractivity contribution in [2.75, 3.05) is 7.05 Å². The van der Waals surface area contributed by atoms with E-state index < -0.39 is 0 Å². The van der Waals surface area contributed by atoms with Crippen LogP contribution in [0.5, 0.6) is 0 Å². The summed E-state index contributed by atoms with van der Waals surface area (Å²) in [4.78, 5) is 15.0. The highest BCUT2D eigenvalue weighted by Gasteiger charge is 2.38. The highest BCUT2D eigenvalue weighted by molar-refractivity contribution is 6.30. The number of benzene rings is 1. The first-order valence-electron chi connectivity index (χ1n) is 8.44. The van der Waals surface area contributed by atoms with Crippen molar-refractivity contribution in [1.29, 1.82) is 0 Å². The molecule has 0 spiro atoms. The summed E-state index contributed by atoms with van der Waals surface area (Å²) in [5.74, 6) is -0.0725. The number of aromatic nitrogens is 2. The lowest BCUT2D eigenvalue weighted by Gasteiger charge is -2.36. The molecule has 4 rings (SSSR count). The molecule has 2 bridgehead atoms. The van der Waals surface area contributed by atoms with Crippen LogP contribution in [0.1, 0.15) is 36.2 Å². The number of rotatable bonds is 3. The molecule has 1 amide bonds. The van der Waals surface area contributed by atoms with Crippen LogP contribution in [0.3, 0.4) is 0 Å². The molecule has 2 aromatic rings. The van der Waals surface area contributed by atoms with E-state index in [1.165, 1.54) is 12.8 Å². The minimum atomic E-state index is -0.0725. The number of nitrogens with zero attached hydrogens (tertiary/aromatic N) is 2. The van der Waals surface area contributed by atoms with Gasteiger partial charge in [0.15, 0.2) is 0 Å². The van der Waals surface area contributed by atoms with Gasteiger partial charge in [-0.25, -0.2) is 0 Å². The van der Waals surface area contributed by atoms with Gasteiger partial charge in [0.1, 0.15) is 5.69 Å². The molecular formula is C18H21ClN4O. The van der Waals surface area contributed by atoms with Gasteiger partial charge < -0.3 is 10.2 Å². The molecule has 2 fully saturated rings. The quantitative estimate of drug-likeness (QED) is 0.899. The van der Waals surface area contributed by atoms with Gasteiger partial charge >= 0.3 is 0 Å². The van der Waals surface area contributed by atoms with Crippen LogP contribution in [0, 0.1) is 0 Å². The molecule has 0 radical (unpaired) electrons. The lowest BCUT2D eigenvalue weighted by molar-refractivity contribution is 0.0877. The fraction of sp³-hybridized carbons (Fsp3) is 0.444. The molecule has 2 aliphatic rings. The highest BCUT2D eigenvalue weighted by Crippen LogP contribution is 2.34. The average molecular weight is 345 g/mol. The summed E-state index contributed by atoms with van der Waals surface area (Å²) in [7, 11) is 2.20. The number of H-pyrrole nitrogens is 1. The summed E-state index contributed by atoms with van der Waals surface area (Å²) in [5, 5.41) is 11.0. The van der Waals surface area contributed by atoms with Crippen molar-refractivity contribution in [3.05, 3.63) is 41.0 Å². The second-order valence-corrected chi connectivity index (χ2v) is 7.30. The standard InChI is InChI=1S/C18H21ClN4O/c1-23-14-6-7-15(23)9-13(8-14)20-18(24)17-10-16(21-22-17)11-2-4-12(19)5-3-11/h2-5,10,13-15H,6-9H2,1H3,(H,20,24)(H,21,22). The molecule has 0 saturated carbocycles. The Kier molecular flexibility index (Phi) is 4.06. The number of aromatic amines is 1. The van der Waals surface area contributed by atoms with E-state index in [1.807, 2.05) is 24.3 Å². The maximum Gasteiger partial charge on any atom is 0.269 e. The summed E-state index contributed by atoms with van der Waals surface area (Å²) in [6.45, 7) is 0. The highest BCUT2D eigenvalue weighted by atomic mass is 35.5. The number of fused-ring (bicyclic) bond motifs is 2. The molecular weight excluding hydrogens is 324 g/mol. The first-order valence-corrected chi connectivity index (χ1v) is 8.82. The average Bonchev–Trinajstić information content (AvgIpc) is 3.12.